The van der Waals surface area contributed by atoms with Crippen LogP contribution in [0, 0.1) is 13.8 Å². The number of aromatic nitrogens is 3. The Hall–Kier alpha value is -3.40. The van der Waals surface area contributed by atoms with Crippen LogP contribution in [-0.2, 0) is 16.1 Å². The maximum Gasteiger partial charge on any atom is 0.305 e. The van der Waals surface area contributed by atoms with Gasteiger partial charge in [0.2, 0.25) is 0 Å². The molecule has 0 aliphatic rings. The molecule has 31 heavy (non-hydrogen) atoms. The van der Waals surface area contributed by atoms with Crippen LogP contribution in [0.25, 0.3) is 0 Å². The fourth-order valence-corrected chi connectivity index (χ4v) is 3.64. The average molecular weight is 444 g/mol. The standard InChI is InChI=1S/C21H25N5O4S/c1-4-30-18(28)6-5-10-26-11-9-17(25-26)23-21-22-12-16(31-21)20(29)24-19-13(2)7-8-15(27)14(19)3/h7-9,11-12,27H,4-6,10H2,1-3H3,(H,24,29)(H,22,23,25). The van der Waals surface area contributed by atoms with Gasteiger partial charge in [-0.05, 0) is 38.8 Å². The van der Waals surface area contributed by atoms with E-state index in [2.05, 4.69) is 20.7 Å². The Kier molecular flexibility index (Phi) is 7.24. The monoisotopic (exact) mass is 443 g/mol. The number of thiazole rings is 1. The van der Waals surface area contributed by atoms with E-state index in [0.717, 1.165) is 5.56 Å². The number of amides is 1. The van der Waals surface area contributed by atoms with Crippen LogP contribution < -0.4 is 10.6 Å². The number of nitrogens with zero attached hydrogens (tertiary/aromatic N) is 3. The zero-order valence-corrected chi connectivity index (χ0v) is 18.5. The van der Waals surface area contributed by atoms with Gasteiger partial charge in [-0.25, -0.2) is 4.98 Å². The third kappa shape index (κ3) is 5.82. The van der Waals surface area contributed by atoms with E-state index in [0.29, 0.717) is 53.1 Å². The van der Waals surface area contributed by atoms with Crippen molar-refractivity contribution in [1.82, 2.24) is 14.8 Å². The van der Waals surface area contributed by atoms with Crippen LogP contribution in [0.15, 0.2) is 30.6 Å². The van der Waals surface area contributed by atoms with Gasteiger partial charge in [0.1, 0.15) is 10.6 Å². The first-order valence-corrected chi connectivity index (χ1v) is 10.7. The molecule has 0 saturated carbocycles. The van der Waals surface area contributed by atoms with Gasteiger partial charge in [0, 0.05) is 30.8 Å². The molecule has 0 fully saturated rings. The van der Waals surface area contributed by atoms with Crippen molar-refractivity contribution >= 4 is 39.9 Å². The number of hydrogen-bond acceptors (Lipinski definition) is 8. The summed E-state index contributed by atoms with van der Waals surface area (Å²) < 4.78 is 6.64. The Balaban J connectivity index is 1.57. The molecular formula is C21H25N5O4S. The molecule has 3 N–H and O–H groups in total. The third-order valence-corrected chi connectivity index (χ3v) is 5.47. The molecule has 0 atom stereocenters. The van der Waals surface area contributed by atoms with Crippen LogP contribution in [-0.4, -0.2) is 38.4 Å². The van der Waals surface area contributed by atoms with Gasteiger partial charge >= 0.3 is 5.97 Å². The molecule has 10 heteroatoms. The zero-order chi connectivity index (χ0) is 22.4. The van der Waals surface area contributed by atoms with Crippen LogP contribution in [0.3, 0.4) is 0 Å². The molecule has 1 amide bonds. The van der Waals surface area contributed by atoms with E-state index in [4.69, 9.17) is 4.74 Å². The summed E-state index contributed by atoms with van der Waals surface area (Å²) in [4.78, 5) is 28.7. The number of ether oxygens (including phenoxy) is 1. The van der Waals surface area contributed by atoms with Gasteiger partial charge in [0.05, 0.1) is 18.5 Å². The Morgan fingerprint density at radius 1 is 1.26 bits per heavy atom. The largest absolute Gasteiger partial charge is 0.508 e. The number of benzene rings is 1. The van der Waals surface area contributed by atoms with Gasteiger partial charge in [-0.3, -0.25) is 14.3 Å². The van der Waals surface area contributed by atoms with Gasteiger partial charge in [0.15, 0.2) is 10.9 Å². The Morgan fingerprint density at radius 3 is 2.84 bits per heavy atom. The minimum atomic E-state index is -0.299. The minimum Gasteiger partial charge on any atom is -0.508 e. The quantitative estimate of drug-likeness (QED) is 0.428. The molecule has 0 radical (unpaired) electrons. The summed E-state index contributed by atoms with van der Waals surface area (Å²) in [5.41, 5.74) is 2.07. The van der Waals surface area contributed by atoms with E-state index in [1.165, 1.54) is 17.5 Å². The predicted molar refractivity (Wildman–Crippen MR) is 119 cm³/mol. The first-order valence-electron chi connectivity index (χ1n) is 9.89. The number of hydrogen-bond donors (Lipinski definition) is 3. The molecule has 9 nitrogen and oxygen atoms in total. The second-order valence-electron chi connectivity index (χ2n) is 6.88. The number of aryl methyl sites for hydroxylation is 2. The fourth-order valence-electron chi connectivity index (χ4n) is 2.92. The van der Waals surface area contributed by atoms with Crippen LogP contribution in [0.1, 0.15) is 40.6 Å². The van der Waals surface area contributed by atoms with E-state index >= 15 is 0 Å². The molecule has 0 aliphatic carbocycles. The average Bonchev–Trinajstić information content (AvgIpc) is 3.38. The fraction of sp³-hybridized carbons (Fsp3) is 0.333. The second kappa shape index (κ2) is 10.1. The van der Waals surface area contributed by atoms with Crippen molar-refractivity contribution < 1.29 is 19.4 Å². The lowest BCUT2D eigenvalue weighted by atomic mass is 10.1. The lowest BCUT2D eigenvalue weighted by Gasteiger charge is -2.11. The van der Waals surface area contributed by atoms with Crippen molar-refractivity contribution in [1.29, 1.82) is 0 Å². The predicted octanol–water partition coefficient (Wildman–Crippen LogP) is 4.00. The Bertz CT molecular complexity index is 1080. The third-order valence-electron chi connectivity index (χ3n) is 4.56. The molecule has 2 heterocycles. The molecule has 3 aromatic rings. The smallest absolute Gasteiger partial charge is 0.305 e. The lowest BCUT2D eigenvalue weighted by molar-refractivity contribution is -0.143. The summed E-state index contributed by atoms with van der Waals surface area (Å²) in [5, 5.41) is 20.7. The summed E-state index contributed by atoms with van der Waals surface area (Å²) in [6.45, 7) is 6.38. The summed E-state index contributed by atoms with van der Waals surface area (Å²) in [6.07, 6.45) is 4.28. The summed E-state index contributed by atoms with van der Waals surface area (Å²) in [5.74, 6) is 0.215. The van der Waals surface area contributed by atoms with Gasteiger partial charge in [-0.15, -0.1) is 0 Å². The topological polar surface area (TPSA) is 118 Å². The lowest BCUT2D eigenvalue weighted by Crippen LogP contribution is -2.12. The first-order chi connectivity index (χ1) is 14.9. The molecule has 0 saturated heterocycles. The van der Waals surface area contributed by atoms with Crippen molar-refractivity contribution in [3.8, 4) is 5.75 Å². The number of nitrogens with one attached hydrogen (secondary N) is 2. The molecule has 0 spiro atoms. The molecule has 3 rings (SSSR count). The summed E-state index contributed by atoms with van der Waals surface area (Å²) >= 11 is 1.20. The molecular weight excluding hydrogens is 418 g/mol. The van der Waals surface area contributed by atoms with Gasteiger partial charge < -0.3 is 20.5 Å². The zero-order valence-electron chi connectivity index (χ0n) is 17.6. The minimum absolute atomic E-state index is 0.130. The SMILES string of the molecule is CCOC(=O)CCCn1ccc(Nc2ncc(C(=O)Nc3c(C)ccc(O)c3C)s2)n1. The normalized spacial score (nSPS) is 10.7. The number of rotatable bonds is 9. The van der Waals surface area contributed by atoms with E-state index in [1.54, 1.807) is 36.7 Å². The second-order valence-corrected chi connectivity index (χ2v) is 7.91. The van der Waals surface area contributed by atoms with Crippen LogP contribution in [0.5, 0.6) is 5.75 Å². The number of aromatic hydroxyl groups is 1. The number of esters is 1. The highest BCUT2D eigenvalue weighted by Crippen LogP contribution is 2.29. The number of carbonyl (C=O) groups excluding carboxylic acids is 2. The van der Waals surface area contributed by atoms with Gasteiger partial charge in [-0.1, -0.05) is 17.4 Å². The highest BCUT2D eigenvalue weighted by Gasteiger charge is 2.15. The van der Waals surface area contributed by atoms with Crippen LogP contribution in [0.2, 0.25) is 0 Å². The number of anilines is 3. The van der Waals surface area contributed by atoms with Crippen LogP contribution >= 0.6 is 11.3 Å². The highest BCUT2D eigenvalue weighted by atomic mass is 32.1. The first kappa shape index (κ1) is 22.3. The molecule has 0 unspecified atom stereocenters. The van der Waals surface area contributed by atoms with Crippen molar-refractivity contribution in [2.45, 2.75) is 40.2 Å². The van der Waals surface area contributed by atoms with Crippen LogP contribution in [0.4, 0.5) is 16.6 Å². The highest BCUT2D eigenvalue weighted by molar-refractivity contribution is 7.17. The number of carbonyl (C=O) groups is 2. The van der Waals surface area contributed by atoms with E-state index < -0.39 is 0 Å². The Labute approximate surface area is 184 Å². The van der Waals surface area contributed by atoms with Crippen molar-refractivity contribution in [2.75, 3.05) is 17.2 Å². The molecule has 164 valence electrons. The molecule has 1 aromatic carbocycles. The molecule has 2 aromatic heterocycles. The van der Waals surface area contributed by atoms with E-state index in [-0.39, 0.29) is 17.6 Å². The number of phenolic OH excluding ortho intramolecular Hbond substituents is 1. The number of phenols is 1. The maximum atomic E-state index is 12.6. The van der Waals surface area contributed by atoms with E-state index in [1.807, 2.05) is 13.1 Å². The molecule has 0 aliphatic heterocycles. The summed E-state index contributed by atoms with van der Waals surface area (Å²) in [7, 11) is 0. The van der Waals surface area contributed by atoms with Crippen molar-refractivity contribution in [2.24, 2.45) is 0 Å². The Morgan fingerprint density at radius 2 is 2.06 bits per heavy atom. The van der Waals surface area contributed by atoms with Gasteiger partial charge in [0.25, 0.3) is 5.91 Å². The van der Waals surface area contributed by atoms with Gasteiger partial charge in [-0.2, -0.15) is 5.10 Å². The van der Waals surface area contributed by atoms with Crippen molar-refractivity contribution in [3.05, 3.63) is 46.6 Å². The van der Waals surface area contributed by atoms with E-state index in [9.17, 15) is 14.7 Å². The summed E-state index contributed by atoms with van der Waals surface area (Å²) in [6, 6.07) is 5.15. The molecule has 0 bridgehead atoms. The van der Waals surface area contributed by atoms with Crippen molar-refractivity contribution in [3.63, 3.8) is 0 Å². The maximum absolute atomic E-state index is 12.6.